The van der Waals surface area contributed by atoms with Gasteiger partial charge in [-0.1, -0.05) is 61.3 Å². The molecular formula is C25H31N3O2. The molecule has 1 N–H and O–H groups in total. The molecule has 1 aliphatic heterocycles. The van der Waals surface area contributed by atoms with Gasteiger partial charge in [0.1, 0.15) is 6.29 Å². The van der Waals surface area contributed by atoms with Gasteiger partial charge < -0.3 is 9.64 Å². The number of pyridine rings is 1. The second-order valence-corrected chi connectivity index (χ2v) is 6.59. The minimum absolute atomic E-state index is 0.746. The Labute approximate surface area is 180 Å². The van der Waals surface area contributed by atoms with Crippen LogP contribution in [0.5, 0.6) is 0 Å². The molecule has 1 saturated heterocycles. The summed E-state index contributed by atoms with van der Waals surface area (Å²) in [6.07, 6.45) is 19.2. The first-order valence-electron chi connectivity index (χ1n) is 9.79. The van der Waals surface area contributed by atoms with Crippen molar-refractivity contribution in [1.82, 2.24) is 9.88 Å². The zero-order chi connectivity index (χ0) is 22.0. The zero-order valence-electron chi connectivity index (χ0n) is 17.7. The molecule has 5 nitrogen and oxygen atoms in total. The Morgan fingerprint density at radius 3 is 2.33 bits per heavy atom. The highest BCUT2D eigenvalue weighted by Crippen LogP contribution is 2.13. The standard InChI is InChI=1S/C20H21NO.C5H10N2O/c1-17(2)20-16-19(12-13-21-20)15-18(3)11-9-7-5-4-6-8-10-14-22;6-5-7-1-3-8-4-2-7/h4-14,16H,1,3,15H2,2H3;5-6H,1-4H2/b6-4+,7-5-,10-8+,11-9+;. The van der Waals surface area contributed by atoms with Crippen LogP contribution in [0.4, 0.5) is 0 Å². The third-order valence-corrected chi connectivity index (χ3v) is 4.00. The Balaban J connectivity index is 0.000000467. The highest BCUT2D eigenvalue weighted by molar-refractivity contribution is 5.65. The Hall–Kier alpha value is -3.31. The SMILES string of the molecule is C=C(/C=C/C=C\C=C\C=C\C=O)Cc1ccnc(C(=C)C)c1.N=CN1CCOCC1. The first kappa shape index (κ1) is 24.7. The van der Waals surface area contributed by atoms with Crippen LogP contribution in [0.25, 0.3) is 5.57 Å². The Morgan fingerprint density at radius 2 is 1.77 bits per heavy atom. The average Bonchev–Trinajstić information content (AvgIpc) is 2.76. The summed E-state index contributed by atoms with van der Waals surface area (Å²) in [7, 11) is 0. The van der Waals surface area contributed by atoms with Gasteiger partial charge in [0.2, 0.25) is 0 Å². The molecule has 1 aliphatic rings. The smallest absolute Gasteiger partial charge is 0.142 e. The number of carbonyl (C=O) groups is 1. The predicted octanol–water partition coefficient (Wildman–Crippen LogP) is 4.56. The van der Waals surface area contributed by atoms with E-state index in [-0.39, 0.29) is 0 Å². The van der Waals surface area contributed by atoms with Crippen molar-refractivity contribution < 1.29 is 9.53 Å². The number of allylic oxidation sites excluding steroid dienone is 10. The molecule has 0 spiro atoms. The largest absolute Gasteiger partial charge is 0.378 e. The van der Waals surface area contributed by atoms with Gasteiger partial charge in [-0.05, 0) is 42.7 Å². The molecule has 0 aliphatic carbocycles. The van der Waals surface area contributed by atoms with Crippen LogP contribution >= 0.6 is 0 Å². The van der Waals surface area contributed by atoms with Crippen molar-refractivity contribution in [2.75, 3.05) is 26.3 Å². The van der Waals surface area contributed by atoms with E-state index in [0.29, 0.717) is 0 Å². The van der Waals surface area contributed by atoms with Gasteiger partial charge in [0, 0.05) is 19.3 Å². The Morgan fingerprint density at radius 1 is 1.13 bits per heavy atom. The molecule has 0 unspecified atom stereocenters. The van der Waals surface area contributed by atoms with Crippen LogP contribution in [0, 0.1) is 5.41 Å². The molecule has 0 atom stereocenters. The van der Waals surface area contributed by atoms with Crippen LogP contribution in [0.3, 0.4) is 0 Å². The molecule has 158 valence electrons. The van der Waals surface area contributed by atoms with E-state index in [1.165, 1.54) is 18.0 Å². The number of morpholine rings is 1. The lowest BCUT2D eigenvalue weighted by atomic mass is 10.0. The van der Waals surface area contributed by atoms with E-state index >= 15 is 0 Å². The van der Waals surface area contributed by atoms with E-state index in [2.05, 4.69) is 18.1 Å². The molecule has 1 fully saturated rings. The van der Waals surface area contributed by atoms with Crippen LogP contribution in [-0.4, -0.2) is 48.8 Å². The highest BCUT2D eigenvalue weighted by atomic mass is 16.5. The fraction of sp³-hybridized carbons (Fsp3) is 0.240. The minimum atomic E-state index is 0.746. The third kappa shape index (κ3) is 11.5. The van der Waals surface area contributed by atoms with Gasteiger partial charge >= 0.3 is 0 Å². The molecule has 0 radical (unpaired) electrons. The number of aldehydes is 1. The Bertz CT molecular complexity index is 813. The van der Waals surface area contributed by atoms with Crippen LogP contribution in [0.2, 0.25) is 0 Å². The molecular weight excluding hydrogens is 374 g/mol. The summed E-state index contributed by atoms with van der Waals surface area (Å²) < 4.78 is 5.06. The number of nitrogens with zero attached hydrogens (tertiary/aromatic N) is 2. The van der Waals surface area contributed by atoms with Crippen LogP contribution < -0.4 is 0 Å². The maximum atomic E-state index is 10.1. The number of rotatable bonds is 9. The minimum Gasteiger partial charge on any atom is -0.378 e. The van der Waals surface area contributed by atoms with Crippen LogP contribution in [0.15, 0.2) is 85.7 Å². The quantitative estimate of drug-likeness (QED) is 0.215. The van der Waals surface area contributed by atoms with E-state index < -0.39 is 0 Å². The normalized spacial score (nSPS) is 14.2. The maximum absolute atomic E-state index is 10.1. The van der Waals surface area contributed by atoms with E-state index in [0.717, 1.165) is 55.9 Å². The lowest BCUT2D eigenvalue weighted by Crippen LogP contribution is -2.34. The summed E-state index contributed by atoms with van der Waals surface area (Å²) in [5, 5.41) is 6.84. The van der Waals surface area contributed by atoms with E-state index in [1.807, 2.05) is 54.3 Å². The molecule has 0 saturated carbocycles. The average molecular weight is 406 g/mol. The van der Waals surface area contributed by atoms with Crippen molar-refractivity contribution in [1.29, 1.82) is 5.41 Å². The van der Waals surface area contributed by atoms with Crippen molar-refractivity contribution in [2.24, 2.45) is 0 Å². The molecule has 2 heterocycles. The summed E-state index contributed by atoms with van der Waals surface area (Å²) >= 11 is 0. The molecule has 2 rings (SSSR count). The van der Waals surface area contributed by atoms with Gasteiger partial charge in [0.15, 0.2) is 0 Å². The Kier molecular flexibility index (Phi) is 12.9. The molecule has 0 bridgehead atoms. The number of hydrogen-bond donors (Lipinski definition) is 1. The van der Waals surface area contributed by atoms with Crippen LogP contribution in [-0.2, 0) is 16.0 Å². The lowest BCUT2D eigenvalue weighted by molar-refractivity contribution is -0.104. The zero-order valence-corrected chi connectivity index (χ0v) is 17.7. The molecule has 1 aromatic rings. The first-order chi connectivity index (χ1) is 14.6. The summed E-state index contributed by atoms with van der Waals surface area (Å²) in [6.45, 7) is 13.2. The van der Waals surface area contributed by atoms with Gasteiger partial charge in [-0.15, -0.1) is 0 Å². The van der Waals surface area contributed by atoms with Crippen molar-refractivity contribution in [2.45, 2.75) is 13.3 Å². The van der Waals surface area contributed by atoms with Gasteiger partial charge in [0.05, 0.1) is 25.2 Å². The van der Waals surface area contributed by atoms with Crippen LogP contribution in [0.1, 0.15) is 18.2 Å². The molecule has 0 aromatic carbocycles. The van der Waals surface area contributed by atoms with Crippen molar-refractivity contribution in [3.05, 3.63) is 96.9 Å². The molecule has 0 amide bonds. The molecule has 5 heteroatoms. The second kappa shape index (κ2) is 15.6. The lowest BCUT2D eigenvalue weighted by Gasteiger charge is -2.23. The number of hydrogen-bond acceptors (Lipinski definition) is 4. The fourth-order valence-corrected chi connectivity index (χ4v) is 2.40. The van der Waals surface area contributed by atoms with Crippen molar-refractivity contribution in [3.63, 3.8) is 0 Å². The van der Waals surface area contributed by atoms with E-state index in [9.17, 15) is 4.79 Å². The number of ether oxygens (including phenoxy) is 1. The summed E-state index contributed by atoms with van der Waals surface area (Å²) in [5.74, 6) is 0. The first-order valence-corrected chi connectivity index (χ1v) is 9.79. The van der Waals surface area contributed by atoms with Gasteiger partial charge in [-0.25, -0.2) is 0 Å². The summed E-state index contributed by atoms with van der Waals surface area (Å²) in [4.78, 5) is 16.3. The summed E-state index contributed by atoms with van der Waals surface area (Å²) in [6, 6.07) is 4.03. The third-order valence-electron chi connectivity index (χ3n) is 4.00. The van der Waals surface area contributed by atoms with Gasteiger partial charge in [-0.3, -0.25) is 15.2 Å². The monoisotopic (exact) mass is 405 g/mol. The van der Waals surface area contributed by atoms with E-state index in [1.54, 1.807) is 18.3 Å². The predicted molar refractivity (Wildman–Crippen MR) is 126 cm³/mol. The summed E-state index contributed by atoms with van der Waals surface area (Å²) in [5.41, 5.74) is 4.07. The van der Waals surface area contributed by atoms with E-state index in [4.69, 9.17) is 10.1 Å². The maximum Gasteiger partial charge on any atom is 0.142 e. The van der Waals surface area contributed by atoms with Crippen molar-refractivity contribution >= 4 is 18.2 Å². The number of carbonyl (C=O) groups excluding carboxylic acids is 1. The number of nitrogens with one attached hydrogen (secondary N) is 1. The number of aromatic nitrogens is 1. The van der Waals surface area contributed by atoms with Crippen molar-refractivity contribution in [3.8, 4) is 0 Å². The second-order valence-electron chi connectivity index (χ2n) is 6.59. The van der Waals surface area contributed by atoms with Gasteiger partial charge in [0.25, 0.3) is 0 Å². The van der Waals surface area contributed by atoms with Gasteiger partial charge in [-0.2, -0.15) is 0 Å². The fourth-order valence-electron chi connectivity index (χ4n) is 2.40. The highest BCUT2D eigenvalue weighted by Gasteiger charge is 2.04. The molecule has 1 aromatic heterocycles. The topological polar surface area (TPSA) is 66.3 Å². The molecule has 30 heavy (non-hydrogen) atoms.